The van der Waals surface area contributed by atoms with Crippen LogP contribution in [-0.4, -0.2) is 10.00 Å². The average molecular weight is 191 g/mol. The average Bonchev–Trinajstić information content (AvgIpc) is 1.87. The molecule has 0 amide bonds. The first kappa shape index (κ1) is 10.4. The van der Waals surface area contributed by atoms with Gasteiger partial charge in [0, 0.05) is 0 Å². The lowest BCUT2D eigenvalue weighted by molar-refractivity contribution is 0.475. The molecular weight excluding hydrogens is 183 g/mol. The molecule has 11 heavy (non-hydrogen) atoms. The van der Waals surface area contributed by atoms with Crippen molar-refractivity contribution in [2.45, 2.75) is 0 Å². The number of para-hydroxylation sites is 1. The van der Waals surface area contributed by atoms with Crippen molar-refractivity contribution in [3.05, 3.63) is 30.3 Å². The molecule has 1 aromatic rings. The Morgan fingerprint density at radius 2 is 1.64 bits per heavy atom. The van der Waals surface area contributed by atoms with Crippen molar-refractivity contribution in [2.24, 2.45) is 0 Å². The van der Waals surface area contributed by atoms with E-state index in [-0.39, 0.29) is 0 Å². The SMILES string of the molecule is O=[P+](O)S.Oc1ccccc1. The molecule has 0 heterocycles. The zero-order valence-corrected chi connectivity index (χ0v) is 7.37. The molecule has 3 nitrogen and oxygen atoms in total. The Morgan fingerprint density at radius 1 is 1.27 bits per heavy atom. The molecule has 0 saturated carbocycles. The Kier molecular flexibility index (Phi) is 5.84. The van der Waals surface area contributed by atoms with Gasteiger partial charge in [-0.1, -0.05) is 18.2 Å². The predicted molar refractivity (Wildman–Crippen MR) is 46.9 cm³/mol. The second-order valence-corrected chi connectivity index (χ2v) is 3.12. The molecule has 0 aliphatic heterocycles. The van der Waals surface area contributed by atoms with Gasteiger partial charge in [-0.25, -0.2) is 0 Å². The molecule has 0 bridgehead atoms. The van der Waals surface area contributed by atoms with E-state index in [4.69, 9.17) is 14.6 Å². The van der Waals surface area contributed by atoms with Crippen LogP contribution in [0.15, 0.2) is 30.3 Å². The summed E-state index contributed by atoms with van der Waals surface area (Å²) in [5.74, 6) is 0.322. The molecular formula is C6H8O3PS+. The molecule has 5 heteroatoms. The number of rotatable bonds is 0. The molecule has 2 N–H and O–H groups in total. The van der Waals surface area contributed by atoms with Gasteiger partial charge in [0.1, 0.15) is 18.0 Å². The van der Waals surface area contributed by atoms with Crippen LogP contribution in [-0.2, 0) is 4.57 Å². The van der Waals surface area contributed by atoms with Gasteiger partial charge in [0.2, 0.25) is 0 Å². The normalized spacial score (nSPS) is 9.45. The first-order valence-corrected chi connectivity index (χ1v) is 5.08. The molecule has 0 aliphatic carbocycles. The molecule has 1 rings (SSSR count). The minimum Gasteiger partial charge on any atom is -0.508 e. The van der Waals surface area contributed by atoms with Crippen LogP contribution in [0, 0.1) is 0 Å². The van der Waals surface area contributed by atoms with Crippen molar-refractivity contribution in [1.82, 2.24) is 0 Å². The number of hydrogen-bond donors (Lipinski definition) is 3. The standard InChI is InChI=1S/C6H6O.HO2PS/c7-6-4-2-1-3-5-6;1-3(2)4/h1-5,7H;(H-,1,2,4)/p+1. The van der Waals surface area contributed by atoms with E-state index < -0.39 is 7.23 Å². The second kappa shape index (κ2) is 6.16. The summed E-state index contributed by atoms with van der Waals surface area (Å²) in [6.07, 6.45) is 0. The molecule has 1 unspecified atom stereocenters. The highest BCUT2D eigenvalue weighted by Crippen LogP contribution is 2.16. The Balaban J connectivity index is 0.000000218. The minimum absolute atomic E-state index is 0.322. The molecule has 1 atom stereocenters. The highest BCUT2D eigenvalue weighted by molar-refractivity contribution is 8.38. The van der Waals surface area contributed by atoms with Gasteiger partial charge in [-0.05, 0) is 16.7 Å². The van der Waals surface area contributed by atoms with E-state index in [2.05, 4.69) is 12.2 Å². The summed E-state index contributed by atoms with van der Waals surface area (Å²) < 4.78 is 9.01. The Hall–Kier alpha value is -0.570. The van der Waals surface area contributed by atoms with Crippen LogP contribution >= 0.6 is 19.5 Å². The van der Waals surface area contributed by atoms with Crippen LogP contribution in [0.25, 0.3) is 0 Å². The van der Waals surface area contributed by atoms with E-state index in [9.17, 15) is 0 Å². The van der Waals surface area contributed by atoms with Crippen LogP contribution in [0.3, 0.4) is 0 Å². The van der Waals surface area contributed by atoms with Crippen LogP contribution in [0.1, 0.15) is 0 Å². The Labute approximate surface area is 70.7 Å². The maximum atomic E-state index is 9.01. The van der Waals surface area contributed by atoms with Crippen molar-refractivity contribution in [2.75, 3.05) is 0 Å². The highest BCUT2D eigenvalue weighted by atomic mass is 32.7. The molecule has 1 aromatic carbocycles. The fraction of sp³-hybridized carbons (Fsp3) is 0. The van der Waals surface area contributed by atoms with Crippen molar-refractivity contribution < 1.29 is 14.6 Å². The van der Waals surface area contributed by atoms with E-state index >= 15 is 0 Å². The fourth-order valence-electron chi connectivity index (χ4n) is 0.428. The maximum absolute atomic E-state index is 9.01. The quantitative estimate of drug-likeness (QED) is 0.434. The zero-order chi connectivity index (χ0) is 8.69. The van der Waals surface area contributed by atoms with Gasteiger partial charge in [-0.2, -0.15) is 4.89 Å². The van der Waals surface area contributed by atoms with Gasteiger partial charge in [-0.15, -0.1) is 0 Å². The Morgan fingerprint density at radius 3 is 1.82 bits per heavy atom. The molecule has 0 saturated heterocycles. The van der Waals surface area contributed by atoms with Gasteiger partial charge in [0.05, 0.1) is 0 Å². The summed E-state index contributed by atoms with van der Waals surface area (Å²) >= 11 is 3.03. The van der Waals surface area contributed by atoms with Crippen molar-refractivity contribution in [3.63, 3.8) is 0 Å². The third kappa shape index (κ3) is 9.43. The van der Waals surface area contributed by atoms with E-state index in [0.29, 0.717) is 5.75 Å². The van der Waals surface area contributed by atoms with E-state index in [0.717, 1.165) is 0 Å². The number of hydrogen-bond acceptors (Lipinski definition) is 2. The zero-order valence-electron chi connectivity index (χ0n) is 5.58. The Bertz CT molecular complexity index is 210. The number of phenols is 1. The van der Waals surface area contributed by atoms with Gasteiger partial charge in [-0.3, -0.25) is 0 Å². The van der Waals surface area contributed by atoms with Crippen molar-refractivity contribution in [3.8, 4) is 5.75 Å². The van der Waals surface area contributed by atoms with E-state index in [1.54, 1.807) is 24.3 Å². The lowest BCUT2D eigenvalue weighted by Crippen LogP contribution is -1.56. The van der Waals surface area contributed by atoms with Gasteiger partial charge >= 0.3 is 7.23 Å². The monoisotopic (exact) mass is 191 g/mol. The summed E-state index contributed by atoms with van der Waals surface area (Å²) in [4.78, 5) is 7.43. The summed E-state index contributed by atoms with van der Waals surface area (Å²) in [7, 11) is -2.18. The summed E-state index contributed by atoms with van der Waals surface area (Å²) in [5, 5.41) is 8.63. The first-order chi connectivity index (χ1) is 5.13. The van der Waals surface area contributed by atoms with Crippen LogP contribution < -0.4 is 0 Å². The lowest BCUT2D eigenvalue weighted by atomic mass is 10.3. The third-order valence-electron chi connectivity index (χ3n) is 0.756. The maximum Gasteiger partial charge on any atom is 0.579 e. The number of phenolic OH excluding ortho intramolecular Hbond substituents is 1. The smallest absolute Gasteiger partial charge is 0.508 e. The lowest BCUT2D eigenvalue weighted by Gasteiger charge is -1.82. The van der Waals surface area contributed by atoms with Crippen LogP contribution in [0.2, 0.25) is 0 Å². The summed E-state index contributed by atoms with van der Waals surface area (Å²) in [6.45, 7) is 0. The topological polar surface area (TPSA) is 57.5 Å². The summed E-state index contributed by atoms with van der Waals surface area (Å²) in [5.41, 5.74) is 0. The second-order valence-electron chi connectivity index (χ2n) is 1.59. The molecule has 0 radical (unpaired) electrons. The van der Waals surface area contributed by atoms with Gasteiger partial charge < -0.3 is 5.11 Å². The van der Waals surface area contributed by atoms with Crippen LogP contribution in [0.4, 0.5) is 0 Å². The van der Waals surface area contributed by atoms with Crippen molar-refractivity contribution in [1.29, 1.82) is 0 Å². The number of thiol groups is 1. The molecule has 0 aromatic heterocycles. The first-order valence-electron chi connectivity index (χ1n) is 2.72. The van der Waals surface area contributed by atoms with Crippen LogP contribution in [0.5, 0.6) is 5.75 Å². The molecule has 0 fully saturated rings. The number of benzene rings is 1. The minimum atomic E-state index is -2.18. The molecule has 0 spiro atoms. The van der Waals surface area contributed by atoms with Gasteiger partial charge in [0.25, 0.3) is 0 Å². The van der Waals surface area contributed by atoms with E-state index in [1.807, 2.05) is 6.07 Å². The highest BCUT2D eigenvalue weighted by Gasteiger charge is 1.90. The number of aromatic hydroxyl groups is 1. The van der Waals surface area contributed by atoms with Crippen molar-refractivity contribution >= 4 is 19.5 Å². The van der Waals surface area contributed by atoms with Gasteiger partial charge in [0.15, 0.2) is 0 Å². The fourth-order valence-corrected chi connectivity index (χ4v) is 0.428. The molecule has 60 valence electrons. The molecule has 0 aliphatic rings. The largest absolute Gasteiger partial charge is 0.579 e. The third-order valence-corrected chi connectivity index (χ3v) is 0.756. The predicted octanol–water partition coefficient (Wildman–Crippen LogP) is 1.96. The summed E-state index contributed by atoms with van der Waals surface area (Å²) in [6, 6.07) is 8.71. The van der Waals surface area contributed by atoms with E-state index in [1.165, 1.54) is 0 Å².